The van der Waals surface area contributed by atoms with Crippen LogP contribution in [0.4, 0.5) is 0 Å². The van der Waals surface area contributed by atoms with E-state index in [4.69, 9.17) is 0 Å². The summed E-state index contributed by atoms with van der Waals surface area (Å²) in [6.07, 6.45) is 0.815. The van der Waals surface area contributed by atoms with Gasteiger partial charge in [-0.25, -0.2) is 0 Å². The normalized spacial score (nSPS) is 11.8. The first-order chi connectivity index (χ1) is 9.79. The van der Waals surface area contributed by atoms with Crippen LogP contribution in [-0.4, -0.2) is 27.8 Å². The van der Waals surface area contributed by atoms with Crippen molar-refractivity contribution < 1.29 is 9.00 Å². The molecule has 0 saturated heterocycles. The van der Waals surface area contributed by atoms with Gasteiger partial charge < -0.3 is 4.90 Å². The van der Waals surface area contributed by atoms with Gasteiger partial charge in [0, 0.05) is 23.7 Å². The van der Waals surface area contributed by atoms with Crippen molar-refractivity contribution in [3.63, 3.8) is 0 Å². The van der Waals surface area contributed by atoms with Gasteiger partial charge in [-0.3, -0.25) is 9.00 Å². The van der Waals surface area contributed by atoms with Crippen LogP contribution in [0, 0.1) is 0 Å². The van der Waals surface area contributed by atoms with Crippen LogP contribution >= 0.6 is 0 Å². The Morgan fingerprint density at radius 2 is 1.55 bits per heavy atom. The molecule has 1 amide bonds. The zero-order valence-corrected chi connectivity index (χ0v) is 12.0. The molecule has 0 aliphatic rings. The predicted octanol–water partition coefficient (Wildman–Crippen LogP) is 2.45. The fourth-order valence-corrected chi connectivity index (χ4v) is 2.97. The van der Waals surface area contributed by atoms with Gasteiger partial charge in [0.15, 0.2) is 0 Å². The van der Waals surface area contributed by atoms with Crippen LogP contribution in [0.2, 0.25) is 0 Å². The van der Waals surface area contributed by atoms with Crippen molar-refractivity contribution in [1.82, 2.24) is 4.90 Å². The van der Waals surface area contributed by atoms with Crippen LogP contribution in [0.25, 0.3) is 0 Å². The highest BCUT2D eigenvalue weighted by Crippen LogP contribution is 2.07. The molecule has 0 spiro atoms. The molecule has 2 rings (SSSR count). The Hall–Kier alpha value is -1.94. The van der Waals surface area contributed by atoms with Crippen LogP contribution in [-0.2, 0) is 22.1 Å². The van der Waals surface area contributed by atoms with Crippen molar-refractivity contribution in [3.8, 4) is 0 Å². The summed E-state index contributed by atoms with van der Waals surface area (Å²) in [5.41, 5.74) is 1.07. The number of hydrogen-bond donors (Lipinski definition) is 0. The number of amides is 1. The lowest BCUT2D eigenvalue weighted by Crippen LogP contribution is -2.26. The summed E-state index contributed by atoms with van der Waals surface area (Å²) in [7, 11) is -1.06. The highest BCUT2D eigenvalue weighted by Gasteiger charge is 2.07. The summed E-state index contributed by atoms with van der Waals surface area (Å²) in [4.78, 5) is 13.5. The van der Waals surface area contributed by atoms with E-state index in [2.05, 4.69) is 0 Å². The molecule has 3 nitrogen and oxygen atoms in total. The molecule has 1 atom stereocenters. The summed E-state index contributed by atoms with van der Waals surface area (Å²) in [6, 6.07) is 19.1. The summed E-state index contributed by atoms with van der Waals surface area (Å²) in [5.74, 6) is 0.454. The SMILES string of the molecule is O=CN(CCS(=O)c1ccccc1)Cc1ccccc1. The third-order valence-electron chi connectivity index (χ3n) is 2.95. The number of rotatable bonds is 7. The average Bonchev–Trinajstić information content (AvgIpc) is 2.53. The van der Waals surface area contributed by atoms with Crippen molar-refractivity contribution in [2.45, 2.75) is 11.4 Å². The Morgan fingerprint density at radius 1 is 0.950 bits per heavy atom. The average molecular weight is 287 g/mol. The zero-order chi connectivity index (χ0) is 14.2. The predicted molar refractivity (Wildman–Crippen MR) is 80.6 cm³/mol. The Labute approximate surface area is 121 Å². The van der Waals surface area contributed by atoms with Crippen molar-refractivity contribution in [3.05, 3.63) is 66.2 Å². The maximum Gasteiger partial charge on any atom is 0.210 e. The summed E-state index contributed by atoms with van der Waals surface area (Å²) >= 11 is 0. The Kier molecular flexibility index (Phi) is 5.50. The van der Waals surface area contributed by atoms with Crippen LogP contribution in [0.5, 0.6) is 0 Å². The lowest BCUT2D eigenvalue weighted by molar-refractivity contribution is -0.118. The summed E-state index contributed by atoms with van der Waals surface area (Å²) in [5, 5.41) is 0. The van der Waals surface area contributed by atoms with Gasteiger partial charge in [-0.15, -0.1) is 0 Å². The zero-order valence-electron chi connectivity index (χ0n) is 11.1. The van der Waals surface area contributed by atoms with Gasteiger partial charge in [0.2, 0.25) is 6.41 Å². The lowest BCUT2D eigenvalue weighted by Gasteiger charge is -2.17. The third kappa shape index (κ3) is 4.31. The molecule has 2 aromatic rings. The first-order valence-electron chi connectivity index (χ1n) is 6.46. The molecule has 0 bridgehead atoms. The van der Waals surface area contributed by atoms with Gasteiger partial charge >= 0.3 is 0 Å². The fraction of sp³-hybridized carbons (Fsp3) is 0.188. The number of hydrogen-bond acceptors (Lipinski definition) is 2. The Balaban J connectivity index is 1.88. The Bertz CT molecular complexity index is 557. The molecular formula is C16H17NO2S. The summed E-state index contributed by atoms with van der Waals surface area (Å²) in [6.45, 7) is 1.04. The maximum atomic E-state index is 12.1. The van der Waals surface area contributed by atoms with Crippen LogP contribution in [0.15, 0.2) is 65.6 Å². The largest absolute Gasteiger partial charge is 0.340 e. The van der Waals surface area contributed by atoms with Gasteiger partial charge in [-0.1, -0.05) is 48.5 Å². The molecule has 0 fully saturated rings. The van der Waals surface area contributed by atoms with E-state index < -0.39 is 10.8 Å². The van der Waals surface area contributed by atoms with Gasteiger partial charge in [0.05, 0.1) is 10.8 Å². The minimum absolute atomic E-state index is 0.454. The Morgan fingerprint density at radius 3 is 2.15 bits per heavy atom. The van der Waals surface area contributed by atoms with Crippen molar-refractivity contribution >= 4 is 17.2 Å². The second-order valence-corrected chi connectivity index (χ2v) is 5.99. The molecule has 4 heteroatoms. The highest BCUT2D eigenvalue weighted by molar-refractivity contribution is 7.85. The van der Waals surface area contributed by atoms with E-state index in [0.717, 1.165) is 16.9 Å². The minimum atomic E-state index is -1.06. The standard InChI is InChI=1S/C16H17NO2S/c18-14-17(13-15-7-3-1-4-8-15)11-12-20(19)16-9-5-2-6-10-16/h1-10,14H,11-13H2. The van der Waals surface area contributed by atoms with Gasteiger partial charge in [-0.2, -0.15) is 0 Å². The molecule has 0 aromatic heterocycles. The monoisotopic (exact) mass is 287 g/mol. The maximum absolute atomic E-state index is 12.1. The van der Waals surface area contributed by atoms with Gasteiger partial charge in [0.25, 0.3) is 0 Å². The molecule has 0 aliphatic carbocycles. The highest BCUT2D eigenvalue weighted by atomic mass is 32.2. The molecule has 104 valence electrons. The van der Waals surface area contributed by atoms with E-state index in [0.29, 0.717) is 18.8 Å². The topological polar surface area (TPSA) is 37.4 Å². The molecule has 0 radical (unpaired) electrons. The van der Waals surface area contributed by atoms with E-state index in [1.165, 1.54) is 0 Å². The number of benzene rings is 2. The lowest BCUT2D eigenvalue weighted by atomic mass is 10.2. The first-order valence-corrected chi connectivity index (χ1v) is 7.78. The van der Waals surface area contributed by atoms with Gasteiger partial charge in [0.1, 0.15) is 0 Å². The van der Waals surface area contributed by atoms with Crippen molar-refractivity contribution in [1.29, 1.82) is 0 Å². The smallest absolute Gasteiger partial charge is 0.210 e. The van der Waals surface area contributed by atoms with Crippen molar-refractivity contribution in [2.24, 2.45) is 0 Å². The van der Waals surface area contributed by atoms with E-state index in [1.54, 1.807) is 4.90 Å². The number of carbonyl (C=O) groups excluding carboxylic acids is 1. The molecule has 0 aliphatic heterocycles. The molecule has 20 heavy (non-hydrogen) atoms. The molecule has 0 N–H and O–H groups in total. The van der Waals surface area contributed by atoms with Crippen LogP contribution in [0.3, 0.4) is 0 Å². The van der Waals surface area contributed by atoms with E-state index in [1.807, 2.05) is 60.7 Å². The van der Waals surface area contributed by atoms with Crippen LogP contribution in [0.1, 0.15) is 5.56 Å². The second-order valence-electron chi connectivity index (χ2n) is 4.42. The molecular weight excluding hydrogens is 270 g/mol. The molecule has 0 saturated carbocycles. The number of nitrogens with zero attached hydrogens (tertiary/aromatic N) is 1. The fourth-order valence-electron chi connectivity index (χ4n) is 1.88. The van der Waals surface area contributed by atoms with Crippen molar-refractivity contribution in [2.75, 3.05) is 12.3 Å². The minimum Gasteiger partial charge on any atom is -0.340 e. The van der Waals surface area contributed by atoms with E-state index >= 15 is 0 Å². The third-order valence-corrected chi connectivity index (χ3v) is 4.30. The molecule has 2 aromatic carbocycles. The van der Waals surface area contributed by atoms with E-state index in [9.17, 15) is 9.00 Å². The molecule has 0 heterocycles. The first kappa shape index (κ1) is 14.5. The number of carbonyl (C=O) groups is 1. The summed E-state index contributed by atoms with van der Waals surface area (Å²) < 4.78 is 12.1. The van der Waals surface area contributed by atoms with Gasteiger partial charge in [-0.05, 0) is 17.7 Å². The quantitative estimate of drug-likeness (QED) is 0.734. The van der Waals surface area contributed by atoms with E-state index in [-0.39, 0.29) is 0 Å². The second kappa shape index (κ2) is 7.60. The van der Waals surface area contributed by atoms with Crippen LogP contribution < -0.4 is 0 Å². The molecule has 1 unspecified atom stereocenters.